The van der Waals surface area contributed by atoms with Gasteiger partial charge in [-0.1, -0.05) is 0 Å². The summed E-state index contributed by atoms with van der Waals surface area (Å²) in [5, 5.41) is 6.30. The molecular formula is C7H10N2O2. The molecule has 1 aromatic rings. The molecule has 0 aliphatic rings. The maximum Gasteiger partial charge on any atom is 0.168 e. The Balaban J connectivity index is 2.92. The molecule has 0 aliphatic carbocycles. The van der Waals surface area contributed by atoms with Gasteiger partial charge in [-0.3, -0.25) is 9.89 Å². The van der Waals surface area contributed by atoms with Crippen molar-refractivity contribution in [3.05, 3.63) is 17.5 Å². The third-order valence-corrected chi connectivity index (χ3v) is 1.61. The molecule has 11 heavy (non-hydrogen) atoms. The topological polar surface area (TPSA) is 55.0 Å². The van der Waals surface area contributed by atoms with Gasteiger partial charge in [0.25, 0.3) is 0 Å². The Kier molecular flexibility index (Phi) is 2.38. The molecule has 0 aliphatic heterocycles. The van der Waals surface area contributed by atoms with Crippen LogP contribution in [0.4, 0.5) is 0 Å². The number of carbonyl (C=O) groups excluding carboxylic acids is 1. The zero-order valence-corrected chi connectivity index (χ0v) is 6.50. The van der Waals surface area contributed by atoms with Gasteiger partial charge in [0.1, 0.15) is 5.69 Å². The van der Waals surface area contributed by atoms with Gasteiger partial charge in [-0.2, -0.15) is 5.10 Å². The molecule has 0 radical (unpaired) electrons. The summed E-state index contributed by atoms with van der Waals surface area (Å²) in [6.45, 7) is 1.86. The summed E-state index contributed by atoms with van der Waals surface area (Å²) >= 11 is 0. The van der Waals surface area contributed by atoms with E-state index in [1.54, 1.807) is 13.3 Å². The van der Waals surface area contributed by atoms with Gasteiger partial charge in [0, 0.05) is 12.7 Å². The first-order chi connectivity index (χ1) is 5.29. The van der Waals surface area contributed by atoms with Crippen molar-refractivity contribution < 1.29 is 9.53 Å². The van der Waals surface area contributed by atoms with Gasteiger partial charge < -0.3 is 4.74 Å². The van der Waals surface area contributed by atoms with Crippen molar-refractivity contribution in [1.29, 1.82) is 0 Å². The van der Waals surface area contributed by atoms with Crippen LogP contribution in [0, 0.1) is 0 Å². The summed E-state index contributed by atoms with van der Waals surface area (Å²) in [6, 6.07) is 0. The molecule has 4 nitrogen and oxygen atoms in total. The van der Waals surface area contributed by atoms with Crippen LogP contribution in [-0.4, -0.2) is 23.6 Å². The van der Waals surface area contributed by atoms with Crippen molar-refractivity contribution in [3.63, 3.8) is 0 Å². The van der Waals surface area contributed by atoms with Crippen LogP contribution in [0.5, 0.6) is 0 Å². The number of nitrogens with zero attached hydrogens (tertiary/aromatic N) is 1. The highest BCUT2D eigenvalue weighted by Gasteiger charge is 2.10. The molecule has 0 bridgehead atoms. The molecule has 60 valence electrons. The van der Waals surface area contributed by atoms with Crippen LogP contribution >= 0.6 is 0 Å². The molecule has 4 heteroatoms. The minimum atomic E-state index is -0.0889. The number of nitrogens with one attached hydrogen (secondary N) is 1. The van der Waals surface area contributed by atoms with E-state index in [0.717, 1.165) is 11.8 Å². The molecule has 0 saturated carbocycles. The van der Waals surface area contributed by atoms with Gasteiger partial charge in [0.05, 0.1) is 12.3 Å². The lowest BCUT2D eigenvalue weighted by Gasteiger charge is -2.05. The Morgan fingerprint density at radius 3 is 3.09 bits per heavy atom. The van der Waals surface area contributed by atoms with Gasteiger partial charge in [0.2, 0.25) is 0 Å². The van der Waals surface area contributed by atoms with Crippen LogP contribution in [0.15, 0.2) is 6.20 Å². The van der Waals surface area contributed by atoms with Crippen LogP contribution in [0.25, 0.3) is 0 Å². The van der Waals surface area contributed by atoms with Gasteiger partial charge >= 0.3 is 0 Å². The van der Waals surface area contributed by atoms with Crippen molar-refractivity contribution in [3.8, 4) is 0 Å². The average molecular weight is 154 g/mol. The van der Waals surface area contributed by atoms with E-state index in [2.05, 4.69) is 10.2 Å². The minimum absolute atomic E-state index is 0.0889. The van der Waals surface area contributed by atoms with Crippen molar-refractivity contribution >= 4 is 6.29 Å². The number of aromatic amines is 1. The molecular weight excluding hydrogens is 144 g/mol. The quantitative estimate of drug-likeness (QED) is 0.659. The number of aldehydes is 1. The van der Waals surface area contributed by atoms with E-state index in [4.69, 9.17) is 4.74 Å². The van der Waals surface area contributed by atoms with Crippen LogP contribution in [0.1, 0.15) is 29.1 Å². The Labute approximate surface area is 64.6 Å². The number of methoxy groups -OCH3 is 1. The molecule has 1 rings (SSSR count). The van der Waals surface area contributed by atoms with Gasteiger partial charge in [-0.15, -0.1) is 0 Å². The van der Waals surface area contributed by atoms with E-state index in [0.29, 0.717) is 5.69 Å². The summed E-state index contributed by atoms with van der Waals surface area (Å²) in [6.07, 6.45) is 2.24. The summed E-state index contributed by atoms with van der Waals surface area (Å²) in [7, 11) is 1.59. The second kappa shape index (κ2) is 3.30. The van der Waals surface area contributed by atoms with Crippen LogP contribution < -0.4 is 0 Å². The second-order valence-corrected chi connectivity index (χ2v) is 2.23. The van der Waals surface area contributed by atoms with E-state index in [1.807, 2.05) is 6.92 Å². The first kappa shape index (κ1) is 7.94. The Hall–Kier alpha value is -1.16. The molecule has 1 unspecified atom stereocenters. The Bertz CT molecular complexity index is 244. The van der Waals surface area contributed by atoms with Crippen LogP contribution in [0.3, 0.4) is 0 Å². The fraction of sp³-hybridized carbons (Fsp3) is 0.429. The lowest BCUT2D eigenvalue weighted by Crippen LogP contribution is -1.97. The molecule has 0 spiro atoms. The van der Waals surface area contributed by atoms with Crippen molar-refractivity contribution in [1.82, 2.24) is 10.2 Å². The monoisotopic (exact) mass is 154 g/mol. The van der Waals surface area contributed by atoms with Crippen LogP contribution in [-0.2, 0) is 4.74 Å². The number of rotatable bonds is 3. The first-order valence-electron chi connectivity index (χ1n) is 3.30. The van der Waals surface area contributed by atoms with Crippen LogP contribution in [0.2, 0.25) is 0 Å². The Morgan fingerprint density at radius 2 is 2.55 bits per heavy atom. The highest BCUT2D eigenvalue weighted by molar-refractivity contribution is 5.74. The molecule has 1 atom stereocenters. The molecule has 0 saturated heterocycles. The first-order valence-corrected chi connectivity index (χ1v) is 3.30. The van der Waals surface area contributed by atoms with Crippen molar-refractivity contribution in [2.45, 2.75) is 13.0 Å². The lowest BCUT2D eigenvalue weighted by atomic mass is 10.2. The molecule has 0 aromatic carbocycles. The standard InChI is InChI=1S/C7H10N2O2/c1-5(11-2)6-3-8-9-7(6)4-10/h3-5H,1-2H3,(H,8,9). The summed E-state index contributed by atoms with van der Waals surface area (Å²) in [5.41, 5.74) is 1.28. The number of ether oxygens (including phenoxy) is 1. The lowest BCUT2D eigenvalue weighted by molar-refractivity contribution is 0.108. The maximum absolute atomic E-state index is 10.4. The Morgan fingerprint density at radius 1 is 1.82 bits per heavy atom. The van der Waals surface area contributed by atoms with E-state index >= 15 is 0 Å². The third kappa shape index (κ3) is 1.46. The fourth-order valence-electron chi connectivity index (χ4n) is 0.851. The van der Waals surface area contributed by atoms with E-state index < -0.39 is 0 Å². The SMILES string of the molecule is COC(C)c1cn[nH]c1C=O. The fourth-order valence-corrected chi connectivity index (χ4v) is 0.851. The molecule has 1 N–H and O–H groups in total. The summed E-state index contributed by atoms with van der Waals surface area (Å²) < 4.78 is 5.02. The average Bonchev–Trinajstić information content (AvgIpc) is 2.50. The largest absolute Gasteiger partial charge is 0.377 e. The highest BCUT2D eigenvalue weighted by atomic mass is 16.5. The zero-order chi connectivity index (χ0) is 8.27. The predicted octanol–water partition coefficient (Wildman–Crippen LogP) is 0.930. The summed E-state index contributed by atoms with van der Waals surface area (Å²) in [5.74, 6) is 0. The maximum atomic E-state index is 10.4. The number of H-pyrrole nitrogens is 1. The normalized spacial score (nSPS) is 12.9. The zero-order valence-electron chi connectivity index (χ0n) is 6.50. The number of carbonyl (C=O) groups is 1. The second-order valence-electron chi connectivity index (χ2n) is 2.23. The predicted molar refractivity (Wildman–Crippen MR) is 39.4 cm³/mol. The molecule has 1 heterocycles. The number of hydrogen-bond acceptors (Lipinski definition) is 3. The van der Waals surface area contributed by atoms with Gasteiger partial charge in [0.15, 0.2) is 6.29 Å². The summed E-state index contributed by atoms with van der Waals surface area (Å²) in [4.78, 5) is 10.4. The molecule has 0 amide bonds. The highest BCUT2D eigenvalue weighted by Crippen LogP contribution is 2.16. The number of aromatic nitrogens is 2. The van der Waals surface area contributed by atoms with Gasteiger partial charge in [-0.25, -0.2) is 0 Å². The van der Waals surface area contributed by atoms with Crippen molar-refractivity contribution in [2.24, 2.45) is 0 Å². The third-order valence-electron chi connectivity index (χ3n) is 1.61. The smallest absolute Gasteiger partial charge is 0.168 e. The molecule has 0 fully saturated rings. The van der Waals surface area contributed by atoms with Gasteiger partial charge in [-0.05, 0) is 6.92 Å². The van der Waals surface area contributed by atoms with E-state index in [-0.39, 0.29) is 6.10 Å². The van der Waals surface area contributed by atoms with E-state index in [9.17, 15) is 4.79 Å². The number of hydrogen-bond donors (Lipinski definition) is 1. The minimum Gasteiger partial charge on any atom is -0.377 e. The van der Waals surface area contributed by atoms with E-state index in [1.165, 1.54) is 0 Å². The molecule has 1 aromatic heterocycles. The van der Waals surface area contributed by atoms with Crippen molar-refractivity contribution in [2.75, 3.05) is 7.11 Å².